The van der Waals surface area contributed by atoms with Gasteiger partial charge in [-0.2, -0.15) is 0 Å². The van der Waals surface area contributed by atoms with Crippen LogP contribution in [0.4, 0.5) is 11.4 Å². The first-order valence-electron chi connectivity index (χ1n) is 6.11. The molecule has 2 nitrogen and oxygen atoms in total. The maximum Gasteiger partial charge on any atom is 0.190 e. The van der Waals surface area contributed by atoms with E-state index in [-0.39, 0.29) is 5.78 Å². The number of carbonyl (C=O) groups excluding carboxylic acids is 1. The van der Waals surface area contributed by atoms with Gasteiger partial charge in [-0.05, 0) is 38.1 Å². The van der Waals surface area contributed by atoms with Crippen LogP contribution in [0.15, 0.2) is 54.6 Å². The molecule has 0 unspecified atom stereocenters. The minimum absolute atomic E-state index is 0.182. The summed E-state index contributed by atoms with van der Waals surface area (Å²) in [6, 6.07) is 17.9. The molecule has 2 aromatic carbocycles. The molecule has 0 bridgehead atoms. The number of rotatable bonds is 1. The summed E-state index contributed by atoms with van der Waals surface area (Å²) in [6.07, 6.45) is 0. The zero-order valence-electron chi connectivity index (χ0n) is 10.6. The Balaban J connectivity index is 2.23. The number of fused-ring (bicyclic) bond motifs is 1. The predicted molar refractivity (Wildman–Crippen MR) is 73.4 cm³/mol. The molecule has 90 valence electrons. The third kappa shape index (κ3) is 1.39. The quantitative estimate of drug-likeness (QED) is 0.752. The largest absolute Gasteiger partial charge is 0.328 e. The van der Waals surface area contributed by atoms with Crippen molar-refractivity contribution in [2.24, 2.45) is 0 Å². The van der Waals surface area contributed by atoms with E-state index in [1.807, 2.05) is 68.4 Å². The molecule has 2 aromatic rings. The Morgan fingerprint density at radius 1 is 0.889 bits per heavy atom. The molecule has 0 amide bonds. The Hall–Kier alpha value is -2.09. The van der Waals surface area contributed by atoms with Gasteiger partial charge >= 0.3 is 0 Å². The van der Waals surface area contributed by atoms with E-state index in [9.17, 15) is 4.79 Å². The first-order valence-corrected chi connectivity index (χ1v) is 6.11. The summed E-state index contributed by atoms with van der Waals surface area (Å²) in [7, 11) is 0. The van der Waals surface area contributed by atoms with Crippen LogP contribution in [0.1, 0.15) is 24.2 Å². The molecule has 1 aliphatic rings. The summed E-state index contributed by atoms with van der Waals surface area (Å²) in [5, 5.41) is 0. The Morgan fingerprint density at radius 3 is 2.22 bits per heavy atom. The number of carbonyl (C=O) groups is 1. The highest BCUT2D eigenvalue weighted by Gasteiger charge is 2.44. The topological polar surface area (TPSA) is 20.3 Å². The highest BCUT2D eigenvalue weighted by Crippen LogP contribution is 2.43. The van der Waals surface area contributed by atoms with Crippen molar-refractivity contribution < 1.29 is 4.79 Å². The molecule has 0 atom stereocenters. The molecule has 0 radical (unpaired) electrons. The maximum atomic E-state index is 12.5. The van der Waals surface area contributed by atoms with E-state index in [0.29, 0.717) is 0 Å². The van der Waals surface area contributed by atoms with Gasteiger partial charge in [0.05, 0.1) is 5.69 Å². The van der Waals surface area contributed by atoms with E-state index >= 15 is 0 Å². The fourth-order valence-corrected chi connectivity index (χ4v) is 2.63. The lowest BCUT2D eigenvalue weighted by atomic mass is 9.97. The van der Waals surface area contributed by atoms with Crippen LogP contribution in [0.5, 0.6) is 0 Å². The van der Waals surface area contributed by atoms with Crippen molar-refractivity contribution in [3.8, 4) is 0 Å². The van der Waals surface area contributed by atoms with Gasteiger partial charge in [-0.25, -0.2) is 0 Å². The zero-order chi connectivity index (χ0) is 12.8. The standard InChI is InChI=1S/C16H15NO/c1-16(2)15(18)13-10-6-7-11-14(13)17(16)12-8-4-3-5-9-12/h3-11H,1-2H3. The Labute approximate surface area is 107 Å². The van der Waals surface area contributed by atoms with Gasteiger partial charge in [-0.1, -0.05) is 30.3 Å². The lowest BCUT2D eigenvalue weighted by molar-refractivity contribution is 0.0930. The van der Waals surface area contributed by atoms with Crippen molar-refractivity contribution in [2.45, 2.75) is 19.4 Å². The van der Waals surface area contributed by atoms with Crippen LogP contribution in [0, 0.1) is 0 Å². The highest BCUT2D eigenvalue weighted by atomic mass is 16.1. The van der Waals surface area contributed by atoms with E-state index in [1.54, 1.807) is 0 Å². The van der Waals surface area contributed by atoms with Crippen molar-refractivity contribution in [3.05, 3.63) is 60.2 Å². The molecule has 0 saturated carbocycles. The van der Waals surface area contributed by atoms with Crippen molar-refractivity contribution in [1.29, 1.82) is 0 Å². The van der Waals surface area contributed by atoms with E-state index in [0.717, 1.165) is 16.9 Å². The number of Topliss-reactive ketones (excluding diaryl/α,β-unsaturated/α-hetero) is 1. The average Bonchev–Trinajstić information content (AvgIpc) is 2.59. The van der Waals surface area contributed by atoms with Crippen molar-refractivity contribution >= 4 is 17.2 Å². The number of para-hydroxylation sites is 2. The van der Waals surface area contributed by atoms with Gasteiger partial charge in [0.1, 0.15) is 5.54 Å². The van der Waals surface area contributed by atoms with Gasteiger partial charge in [-0.3, -0.25) is 4.79 Å². The average molecular weight is 237 g/mol. The number of nitrogens with zero attached hydrogens (tertiary/aromatic N) is 1. The minimum Gasteiger partial charge on any atom is -0.328 e. The van der Waals surface area contributed by atoms with Crippen LogP contribution in [0.3, 0.4) is 0 Å². The smallest absolute Gasteiger partial charge is 0.190 e. The second-order valence-corrected chi connectivity index (χ2v) is 5.08. The van der Waals surface area contributed by atoms with Gasteiger partial charge in [0.25, 0.3) is 0 Å². The molecule has 0 spiro atoms. The van der Waals surface area contributed by atoms with Crippen LogP contribution in [0.2, 0.25) is 0 Å². The molecule has 0 aromatic heterocycles. The molecule has 0 N–H and O–H groups in total. The molecular weight excluding hydrogens is 222 g/mol. The summed E-state index contributed by atoms with van der Waals surface area (Å²) >= 11 is 0. The van der Waals surface area contributed by atoms with E-state index in [2.05, 4.69) is 4.90 Å². The number of ketones is 1. The molecule has 1 heterocycles. The van der Waals surface area contributed by atoms with E-state index in [1.165, 1.54) is 0 Å². The summed E-state index contributed by atoms with van der Waals surface area (Å²) in [5.74, 6) is 0.182. The second kappa shape index (κ2) is 3.70. The first kappa shape index (κ1) is 11.0. The van der Waals surface area contributed by atoms with Crippen LogP contribution < -0.4 is 4.90 Å². The first-order chi connectivity index (χ1) is 8.62. The fraction of sp³-hybridized carbons (Fsp3) is 0.188. The summed E-state index contributed by atoms with van der Waals surface area (Å²) < 4.78 is 0. The Kier molecular flexibility index (Phi) is 2.27. The normalized spacial score (nSPS) is 16.8. The van der Waals surface area contributed by atoms with Gasteiger partial charge < -0.3 is 4.90 Å². The molecule has 0 aliphatic carbocycles. The number of anilines is 2. The molecule has 1 aliphatic heterocycles. The Bertz CT molecular complexity index is 602. The van der Waals surface area contributed by atoms with Gasteiger partial charge in [0.2, 0.25) is 0 Å². The summed E-state index contributed by atoms with van der Waals surface area (Å²) in [4.78, 5) is 14.6. The summed E-state index contributed by atoms with van der Waals surface area (Å²) in [6.45, 7) is 3.95. The molecule has 3 rings (SSSR count). The highest BCUT2D eigenvalue weighted by molar-refractivity contribution is 6.15. The zero-order valence-corrected chi connectivity index (χ0v) is 10.6. The third-order valence-electron chi connectivity index (χ3n) is 3.52. The number of benzene rings is 2. The lowest BCUT2D eigenvalue weighted by Crippen LogP contribution is -2.41. The maximum absolute atomic E-state index is 12.5. The van der Waals surface area contributed by atoms with E-state index in [4.69, 9.17) is 0 Å². The van der Waals surface area contributed by atoms with Gasteiger partial charge in [0, 0.05) is 11.3 Å². The monoisotopic (exact) mass is 237 g/mol. The van der Waals surface area contributed by atoms with Crippen molar-refractivity contribution in [2.75, 3.05) is 4.90 Å². The number of hydrogen-bond acceptors (Lipinski definition) is 2. The molecule has 0 saturated heterocycles. The third-order valence-corrected chi connectivity index (χ3v) is 3.52. The minimum atomic E-state index is -0.523. The Morgan fingerprint density at radius 2 is 1.50 bits per heavy atom. The SMILES string of the molecule is CC1(C)C(=O)c2ccccc2N1c1ccccc1. The van der Waals surface area contributed by atoms with Crippen LogP contribution in [-0.2, 0) is 0 Å². The fourth-order valence-electron chi connectivity index (χ4n) is 2.63. The van der Waals surface area contributed by atoms with Crippen LogP contribution in [0.25, 0.3) is 0 Å². The molecular formula is C16H15NO. The van der Waals surface area contributed by atoms with Crippen molar-refractivity contribution in [1.82, 2.24) is 0 Å². The van der Waals surface area contributed by atoms with E-state index < -0.39 is 5.54 Å². The second-order valence-electron chi connectivity index (χ2n) is 5.08. The van der Waals surface area contributed by atoms with Crippen LogP contribution >= 0.6 is 0 Å². The molecule has 2 heteroatoms. The van der Waals surface area contributed by atoms with Gasteiger partial charge in [-0.15, -0.1) is 0 Å². The predicted octanol–water partition coefficient (Wildman–Crippen LogP) is 3.80. The van der Waals surface area contributed by atoms with Crippen molar-refractivity contribution in [3.63, 3.8) is 0 Å². The molecule has 18 heavy (non-hydrogen) atoms. The number of hydrogen-bond donors (Lipinski definition) is 0. The molecule has 0 fully saturated rings. The van der Waals surface area contributed by atoms with Gasteiger partial charge in [0.15, 0.2) is 5.78 Å². The van der Waals surface area contributed by atoms with Crippen LogP contribution in [-0.4, -0.2) is 11.3 Å². The lowest BCUT2D eigenvalue weighted by Gasteiger charge is -2.32. The summed E-state index contributed by atoms with van der Waals surface area (Å²) in [5.41, 5.74) is 2.34.